The van der Waals surface area contributed by atoms with Gasteiger partial charge in [-0.25, -0.2) is 0 Å². The standard InChI is InChI=1S/C68H125NO8/c1-6-8-10-12-14-16-18-20-22-24-26-28-29-30-31-32-33-34-35-36-37-39-41-43-45-47-49-51-53-55-57-59-66(71)77-64(63-76-68(67(72)73)74-61-60-69(3,4)5)62-75-65(70)58-56-54-52-50-48-46-44-42-40-38-27-25-23-21-19-17-15-13-11-9-7-2/h18-21,24-27,64,68H,6-17,22-23,28-63H2,1-5H3/b20-18-,21-19-,26-24-,27-25-. The van der Waals surface area contributed by atoms with Crippen molar-refractivity contribution in [1.82, 2.24) is 0 Å². The van der Waals surface area contributed by atoms with E-state index in [0.717, 1.165) is 44.9 Å². The fourth-order valence-corrected chi connectivity index (χ4v) is 9.48. The van der Waals surface area contributed by atoms with E-state index in [4.69, 9.17) is 18.9 Å². The SMILES string of the molecule is CCCCCCC/C=C\C/C=C\CCCCCCCCCCCCCCCCCCCCCC(=O)OC(COC(=O)CCCCCCCCCCC/C=C\C/C=C\CCCCCCC)COC(OCC[N+](C)(C)C)C(=O)[O-]. The Morgan fingerprint density at radius 3 is 1.03 bits per heavy atom. The van der Waals surface area contributed by atoms with Crippen LogP contribution in [0.3, 0.4) is 0 Å². The topological polar surface area (TPSA) is 111 Å². The van der Waals surface area contributed by atoms with E-state index in [1.807, 2.05) is 21.1 Å². The first-order chi connectivity index (χ1) is 37.6. The summed E-state index contributed by atoms with van der Waals surface area (Å²) in [5.41, 5.74) is 0. The molecule has 0 N–H and O–H groups in total. The molecule has 0 amide bonds. The molecule has 9 nitrogen and oxygen atoms in total. The molecule has 0 radical (unpaired) electrons. The Kier molecular flexibility index (Phi) is 57.3. The molecule has 0 spiro atoms. The van der Waals surface area contributed by atoms with Crippen LogP contribution < -0.4 is 5.11 Å². The van der Waals surface area contributed by atoms with Crippen molar-refractivity contribution >= 4 is 17.9 Å². The van der Waals surface area contributed by atoms with Gasteiger partial charge in [-0.3, -0.25) is 9.59 Å². The minimum atomic E-state index is -1.62. The van der Waals surface area contributed by atoms with Crippen molar-refractivity contribution in [3.8, 4) is 0 Å². The fourth-order valence-electron chi connectivity index (χ4n) is 9.48. The molecule has 0 aliphatic carbocycles. The Balaban J connectivity index is 4.11. The third-order valence-corrected chi connectivity index (χ3v) is 14.5. The van der Waals surface area contributed by atoms with Crippen molar-refractivity contribution in [2.24, 2.45) is 0 Å². The van der Waals surface area contributed by atoms with Crippen LogP contribution in [0.5, 0.6) is 0 Å². The summed E-state index contributed by atoms with van der Waals surface area (Å²) in [6, 6.07) is 0. The number of esters is 2. The highest BCUT2D eigenvalue weighted by Crippen LogP contribution is 2.17. The quantitative estimate of drug-likeness (QED) is 0.0195. The maximum atomic E-state index is 12.9. The van der Waals surface area contributed by atoms with Crippen LogP contribution in [0, 0.1) is 0 Å². The number of carbonyl (C=O) groups excluding carboxylic acids is 3. The normalized spacial score (nSPS) is 13.0. The van der Waals surface area contributed by atoms with E-state index in [-0.39, 0.29) is 38.6 Å². The van der Waals surface area contributed by atoms with E-state index in [0.29, 0.717) is 17.4 Å². The molecule has 0 aromatic rings. The van der Waals surface area contributed by atoms with Gasteiger partial charge in [0.1, 0.15) is 13.2 Å². The molecule has 0 saturated heterocycles. The average Bonchev–Trinajstić information content (AvgIpc) is 3.40. The minimum absolute atomic E-state index is 0.148. The number of carbonyl (C=O) groups is 3. The molecule has 0 heterocycles. The molecule has 450 valence electrons. The second kappa shape index (κ2) is 59.4. The summed E-state index contributed by atoms with van der Waals surface area (Å²) in [6.45, 7) is 4.77. The number of aliphatic carboxylic acids is 1. The number of ether oxygens (including phenoxy) is 4. The maximum Gasteiger partial charge on any atom is 0.306 e. The van der Waals surface area contributed by atoms with Crippen molar-refractivity contribution in [2.75, 3.05) is 47.5 Å². The number of likely N-dealkylation sites (N-methyl/N-ethyl adjacent to an activating group) is 1. The molecule has 0 fully saturated rings. The van der Waals surface area contributed by atoms with Crippen LogP contribution in [0.25, 0.3) is 0 Å². The number of carboxylic acid groups (broad SMARTS) is 1. The number of unbranched alkanes of at least 4 members (excludes halogenated alkanes) is 38. The summed E-state index contributed by atoms with van der Waals surface area (Å²) >= 11 is 0. The molecular weight excluding hydrogens is 959 g/mol. The van der Waals surface area contributed by atoms with Gasteiger partial charge in [-0.2, -0.15) is 0 Å². The highest BCUT2D eigenvalue weighted by molar-refractivity contribution is 5.70. The number of hydrogen-bond donors (Lipinski definition) is 0. The molecule has 0 aliphatic heterocycles. The molecule has 0 saturated carbocycles. The van der Waals surface area contributed by atoms with Crippen molar-refractivity contribution in [1.29, 1.82) is 0 Å². The highest BCUT2D eigenvalue weighted by Gasteiger charge is 2.22. The summed E-state index contributed by atoms with van der Waals surface area (Å²) in [7, 11) is 5.93. The summed E-state index contributed by atoms with van der Waals surface area (Å²) in [5.74, 6) is -2.27. The number of rotatable bonds is 61. The second-order valence-corrected chi connectivity index (χ2v) is 23.4. The van der Waals surface area contributed by atoms with E-state index in [1.165, 1.54) is 231 Å². The largest absolute Gasteiger partial charge is 0.545 e. The van der Waals surface area contributed by atoms with Gasteiger partial charge in [0.2, 0.25) is 0 Å². The molecule has 0 rings (SSSR count). The predicted octanol–water partition coefficient (Wildman–Crippen LogP) is 18.5. The first kappa shape index (κ1) is 74.2. The van der Waals surface area contributed by atoms with Gasteiger partial charge in [0.15, 0.2) is 12.4 Å². The number of hydrogen-bond acceptors (Lipinski definition) is 8. The van der Waals surface area contributed by atoms with Crippen molar-refractivity contribution < 1.29 is 42.9 Å². The first-order valence-corrected chi connectivity index (χ1v) is 32.8. The van der Waals surface area contributed by atoms with Gasteiger partial charge < -0.3 is 33.3 Å². The van der Waals surface area contributed by atoms with Crippen molar-refractivity contribution in [2.45, 2.75) is 322 Å². The van der Waals surface area contributed by atoms with E-state index >= 15 is 0 Å². The Bertz CT molecular complexity index is 1400. The molecule has 0 aromatic carbocycles. The first-order valence-electron chi connectivity index (χ1n) is 32.8. The molecule has 77 heavy (non-hydrogen) atoms. The third-order valence-electron chi connectivity index (χ3n) is 14.5. The van der Waals surface area contributed by atoms with Crippen molar-refractivity contribution in [3.63, 3.8) is 0 Å². The summed E-state index contributed by atoms with van der Waals surface area (Å²) in [6.07, 6.45) is 71.8. The third kappa shape index (κ3) is 60.7. The number of nitrogens with zero attached hydrogens (tertiary/aromatic N) is 1. The smallest absolute Gasteiger partial charge is 0.306 e. The van der Waals surface area contributed by atoms with Gasteiger partial charge in [-0.05, 0) is 77.0 Å². The lowest BCUT2D eigenvalue weighted by atomic mass is 10.0. The Morgan fingerprint density at radius 1 is 0.390 bits per heavy atom. The van der Waals surface area contributed by atoms with Gasteiger partial charge in [-0.15, -0.1) is 0 Å². The number of allylic oxidation sites excluding steroid dienone is 8. The van der Waals surface area contributed by atoms with Gasteiger partial charge in [0.25, 0.3) is 0 Å². The summed E-state index contributed by atoms with van der Waals surface area (Å²) < 4.78 is 22.8. The van der Waals surface area contributed by atoms with Gasteiger partial charge in [-0.1, -0.05) is 268 Å². The summed E-state index contributed by atoms with van der Waals surface area (Å²) in [5, 5.41) is 11.8. The Labute approximate surface area is 476 Å². The Morgan fingerprint density at radius 2 is 0.701 bits per heavy atom. The highest BCUT2D eigenvalue weighted by atomic mass is 16.7. The molecule has 0 bridgehead atoms. The minimum Gasteiger partial charge on any atom is -0.545 e. The number of quaternary nitrogens is 1. The van der Waals surface area contributed by atoms with E-state index in [2.05, 4.69) is 62.5 Å². The van der Waals surface area contributed by atoms with Gasteiger partial charge >= 0.3 is 11.9 Å². The van der Waals surface area contributed by atoms with Crippen LogP contribution in [-0.4, -0.2) is 82.3 Å². The zero-order valence-electron chi connectivity index (χ0n) is 51.3. The van der Waals surface area contributed by atoms with Crippen LogP contribution >= 0.6 is 0 Å². The fraction of sp³-hybridized carbons (Fsp3) is 0.838. The van der Waals surface area contributed by atoms with E-state index < -0.39 is 24.3 Å². The average molecular weight is 1080 g/mol. The number of carboxylic acids is 1. The molecule has 2 atom stereocenters. The predicted molar refractivity (Wildman–Crippen MR) is 325 cm³/mol. The van der Waals surface area contributed by atoms with Crippen LogP contribution in [0.15, 0.2) is 48.6 Å². The van der Waals surface area contributed by atoms with Crippen LogP contribution in [-0.2, 0) is 33.3 Å². The van der Waals surface area contributed by atoms with Crippen LogP contribution in [0.2, 0.25) is 0 Å². The lowest BCUT2D eigenvalue weighted by molar-refractivity contribution is -0.870. The van der Waals surface area contributed by atoms with E-state index in [9.17, 15) is 19.5 Å². The lowest BCUT2D eigenvalue weighted by Gasteiger charge is -2.26. The van der Waals surface area contributed by atoms with Gasteiger partial charge in [0.05, 0.1) is 40.3 Å². The van der Waals surface area contributed by atoms with E-state index in [1.54, 1.807) is 0 Å². The second-order valence-electron chi connectivity index (χ2n) is 23.4. The molecule has 2 unspecified atom stereocenters. The zero-order chi connectivity index (χ0) is 56.2. The van der Waals surface area contributed by atoms with Crippen LogP contribution in [0.4, 0.5) is 0 Å². The van der Waals surface area contributed by atoms with Crippen LogP contribution in [0.1, 0.15) is 309 Å². The molecule has 0 aliphatic rings. The molecule has 9 heteroatoms. The molecular formula is C68H125NO8. The zero-order valence-corrected chi connectivity index (χ0v) is 51.3. The monoisotopic (exact) mass is 1080 g/mol. The maximum absolute atomic E-state index is 12.9. The van der Waals surface area contributed by atoms with Crippen molar-refractivity contribution in [3.05, 3.63) is 48.6 Å². The summed E-state index contributed by atoms with van der Waals surface area (Å²) in [4.78, 5) is 37.4. The lowest BCUT2D eigenvalue weighted by Crippen LogP contribution is -2.44. The molecule has 0 aromatic heterocycles. The van der Waals surface area contributed by atoms with Gasteiger partial charge in [0, 0.05) is 12.8 Å². The Hall–Kier alpha value is -2.75.